The van der Waals surface area contributed by atoms with Crippen molar-refractivity contribution >= 4 is 17.7 Å². The summed E-state index contributed by atoms with van der Waals surface area (Å²) in [5, 5.41) is 10.9. The fourth-order valence-corrected chi connectivity index (χ4v) is 3.65. The average molecular weight is 441 g/mol. The normalized spacial score (nSPS) is 10.6. The van der Waals surface area contributed by atoms with E-state index in [4.69, 9.17) is 9.47 Å². The van der Waals surface area contributed by atoms with Crippen LogP contribution in [0, 0.1) is 0 Å². The van der Waals surface area contributed by atoms with Crippen LogP contribution in [-0.2, 0) is 15.9 Å². The second-order valence-electron chi connectivity index (χ2n) is 7.61. The second-order valence-corrected chi connectivity index (χ2v) is 7.61. The van der Waals surface area contributed by atoms with Crippen molar-refractivity contribution < 1.29 is 29.0 Å². The SMILES string of the molecule is CCCCCCCCc1cc(C(=O)c2ccccc2)c(C(=O)OCC)c(C(=O)OC)c1O. The third-order valence-corrected chi connectivity index (χ3v) is 5.33. The largest absolute Gasteiger partial charge is 0.507 e. The minimum absolute atomic E-state index is 0.0221. The number of phenols is 1. The van der Waals surface area contributed by atoms with Gasteiger partial charge in [0.15, 0.2) is 5.78 Å². The third kappa shape index (κ3) is 6.19. The molecule has 1 N–H and O–H groups in total. The molecular weight excluding hydrogens is 408 g/mol. The summed E-state index contributed by atoms with van der Waals surface area (Å²) < 4.78 is 9.94. The van der Waals surface area contributed by atoms with Crippen LogP contribution in [0.4, 0.5) is 0 Å². The molecule has 6 nitrogen and oxygen atoms in total. The van der Waals surface area contributed by atoms with Crippen LogP contribution in [-0.4, -0.2) is 36.5 Å². The number of carbonyl (C=O) groups is 3. The lowest BCUT2D eigenvalue weighted by Crippen LogP contribution is -2.20. The van der Waals surface area contributed by atoms with E-state index in [1.807, 2.05) is 0 Å². The van der Waals surface area contributed by atoms with Crippen LogP contribution in [0.5, 0.6) is 5.75 Å². The highest BCUT2D eigenvalue weighted by Gasteiger charge is 2.31. The molecule has 0 aliphatic carbocycles. The monoisotopic (exact) mass is 440 g/mol. The molecule has 6 heteroatoms. The van der Waals surface area contributed by atoms with Crippen molar-refractivity contribution in [2.45, 2.75) is 58.8 Å². The summed E-state index contributed by atoms with van der Waals surface area (Å²) in [6.07, 6.45) is 6.79. The molecule has 2 aromatic rings. The maximum absolute atomic E-state index is 13.3. The topological polar surface area (TPSA) is 89.9 Å². The molecule has 0 saturated carbocycles. The van der Waals surface area contributed by atoms with Crippen LogP contribution in [0.3, 0.4) is 0 Å². The Morgan fingerprint density at radius 2 is 1.53 bits per heavy atom. The van der Waals surface area contributed by atoms with Gasteiger partial charge in [0.05, 0.1) is 19.3 Å². The van der Waals surface area contributed by atoms with Crippen LogP contribution in [0.25, 0.3) is 0 Å². The number of esters is 2. The lowest BCUT2D eigenvalue weighted by atomic mass is 9.89. The number of benzene rings is 2. The fourth-order valence-electron chi connectivity index (χ4n) is 3.65. The molecule has 0 aliphatic rings. The Morgan fingerprint density at radius 1 is 0.875 bits per heavy atom. The minimum Gasteiger partial charge on any atom is -0.507 e. The van der Waals surface area contributed by atoms with Gasteiger partial charge >= 0.3 is 11.9 Å². The van der Waals surface area contributed by atoms with E-state index in [0.717, 1.165) is 39.2 Å². The molecule has 2 rings (SSSR count). The van der Waals surface area contributed by atoms with Crippen molar-refractivity contribution in [3.63, 3.8) is 0 Å². The highest BCUT2D eigenvalue weighted by molar-refractivity contribution is 6.18. The summed E-state index contributed by atoms with van der Waals surface area (Å²) in [4.78, 5) is 38.7. The molecule has 0 amide bonds. The number of aryl methyl sites for hydroxylation is 1. The van der Waals surface area contributed by atoms with Gasteiger partial charge in [-0.05, 0) is 31.4 Å². The molecule has 172 valence electrons. The predicted octanol–water partition coefficient (Wildman–Crippen LogP) is 5.49. The van der Waals surface area contributed by atoms with Crippen molar-refractivity contribution in [1.82, 2.24) is 0 Å². The molecule has 0 aliphatic heterocycles. The molecule has 32 heavy (non-hydrogen) atoms. The van der Waals surface area contributed by atoms with E-state index in [1.54, 1.807) is 37.3 Å². The van der Waals surface area contributed by atoms with Crippen LogP contribution in [0.15, 0.2) is 36.4 Å². The van der Waals surface area contributed by atoms with E-state index in [-0.39, 0.29) is 29.0 Å². The highest BCUT2D eigenvalue weighted by atomic mass is 16.5. The maximum atomic E-state index is 13.3. The number of unbranched alkanes of at least 4 members (excludes halogenated alkanes) is 5. The molecule has 2 aromatic carbocycles. The Kier molecular flexibility index (Phi) is 9.92. The molecule has 0 radical (unpaired) electrons. The van der Waals surface area contributed by atoms with Crippen LogP contribution >= 0.6 is 0 Å². The molecule has 0 bridgehead atoms. The number of phenolic OH excluding ortho intramolecular Hbond substituents is 1. The van der Waals surface area contributed by atoms with Gasteiger partial charge in [-0.15, -0.1) is 0 Å². The predicted molar refractivity (Wildman–Crippen MR) is 122 cm³/mol. The van der Waals surface area contributed by atoms with Crippen molar-refractivity contribution in [1.29, 1.82) is 0 Å². The van der Waals surface area contributed by atoms with Gasteiger partial charge in [0.1, 0.15) is 11.3 Å². The fraction of sp³-hybridized carbons (Fsp3) is 0.423. The molecule has 0 atom stereocenters. The zero-order valence-electron chi connectivity index (χ0n) is 19.1. The minimum atomic E-state index is -0.891. The molecule has 0 saturated heterocycles. The van der Waals surface area contributed by atoms with Gasteiger partial charge in [-0.2, -0.15) is 0 Å². The number of ketones is 1. The van der Waals surface area contributed by atoms with Gasteiger partial charge in [0, 0.05) is 11.1 Å². The van der Waals surface area contributed by atoms with Crippen LogP contribution < -0.4 is 0 Å². The van der Waals surface area contributed by atoms with Crippen LogP contribution in [0.2, 0.25) is 0 Å². The van der Waals surface area contributed by atoms with Crippen molar-refractivity contribution in [2.24, 2.45) is 0 Å². The Balaban J connectivity index is 2.55. The molecule has 0 aromatic heterocycles. The third-order valence-electron chi connectivity index (χ3n) is 5.33. The molecular formula is C26H32O6. The molecule has 0 fully saturated rings. The van der Waals surface area contributed by atoms with Gasteiger partial charge in [-0.25, -0.2) is 9.59 Å². The second kappa shape index (κ2) is 12.6. The zero-order chi connectivity index (χ0) is 23.5. The molecule has 0 spiro atoms. The number of aromatic hydroxyl groups is 1. The number of ether oxygens (including phenoxy) is 2. The van der Waals surface area contributed by atoms with Crippen LogP contribution in [0.1, 0.15) is 94.6 Å². The number of hydrogen-bond donors (Lipinski definition) is 1. The zero-order valence-corrected chi connectivity index (χ0v) is 19.1. The van der Waals surface area contributed by atoms with Crippen molar-refractivity contribution in [2.75, 3.05) is 13.7 Å². The Labute approximate surface area is 189 Å². The van der Waals surface area contributed by atoms with Gasteiger partial charge in [0.25, 0.3) is 0 Å². The van der Waals surface area contributed by atoms with Gasteiger partial charge < -0.3 is 14.6 Å². The summed E-state index contributed by atoms with van der Waals surface area (Å²) >= 11 is 0. The standard InChI is InChI=1S/C26H32O6/c1-4-6-7-8-9-11-16-19-17-20(23(27)18-14-12-10-13-15-18)21(26(30)32-5-2)22(24(19)28)25(29)31-3/h10,12-15,17,28H,4-9,11,16H2,1-3H3. The van der Waals surface area contributed by atoms with Crippen molar-refractivity contribution in [3.8, 4) is 5.75 Å². The van der Waals surface area contributed by atoms with E-state index in [9.17, 15) is 19.5 Å². The first-order valence-corrected chi connectivity index (χ1v) is 11.2. The van der Waals surface area contributed by atoms with E-state index in [1.165, 1.54) is 12.5 Å². The Hall–Kier alpha value is -3.15. The van der Waals surface area contributed by atoms with E-state index in [2.05, 4.69) is 6.92 Å². The first-order valence-electron chi connectivity index (χ1n) is 11.2. The van der Waals surface area contributed by atoms with Gasteiger partial charge in [0.2, 0.25) is 0 Å². The smallest absolute Gasteiger partial charge is 0.342 e. The average Bonchev–Trinajstić information content (AvgIpc) is 2.81. The van der Waals surface area contributed by atoms with E-state index >= 15 is 0 Å². The molecule has 0 unspecified atom stereocenters. The number of rotatable bonds is 12. The highest BCUT2D eigenvalue weighted by Crippen LogP contribution is 2.33. The maximum Gasteiger partial charge on any atom is 0.342 e. The van der Waals surface area contributed by atoms with E-state index in [0.29, 0.717) is 17.5 Å². The summed E-state index contributed by atoms with van der Waals surface area (Å²) in [5.74, 6) is -2.51. The lowest BCUT2D eigenvalue weighted by molar-refractivity contribution is 0.0499. The Morgan fingerprint density at radius 3 is 2.16 bits per heavy atom. The number of methoxy groups -OCH3 is 1. The van der Waals surface area contributed by atoms with Crippen molar-refractivity contribution in [3.05, 3.63) is 64.2 Å². The Bertz CT molecular complexity index is 933. The number of hydrogen-bond acceptors (Lipinski definition) is 6. The summed E-state index contributed by atoms with van der Waals surface area (Å²) in [6.45, 7) is 3.84. The van der Waals surface area contributed by atoms with Gasteiger partial charge in [-0.1, -0.05) is 69.4 Å². The van der Waals surface area contributed by atoms with Gasteiger partial charge in [-0.3, -0.25) is 4.79 Å². The summed E-state index contributed by atoms with van der Waals surface area (Å²) in [6, 6.07) is 10.00. The summed E-state index contributed by atoms with van der Waals surface area (Å²) in [7, 11) is 1.16. The number of carbonyl (C=O) groups excluding carboxylic acids is 3. The first-order chi connectivity index (χ1) is 15.5. The lowest BCUT2D eigenvalue weighted by Gasteiger charge is -2.17. The first kappa shape index (κ1) is 25.1. The van der Waals surface area contributed by atoms with E-state index < -0.39 is 17.7 Å². The molecule has 0 heterocycles. The summed E-state index contributed by atoms with van der Waals surface area (Å²) in [5.41, 5.74) is 0.234. The quantitative estimate of drug-likeness (QED) is 0.267.